The molecule has 1 unspecified atom stereocenters. The van der Waals surface area contributed by atoms with Gasteiger partial charge in [0.1, 0.15) is 0 Å². The molecule has 19 heavy (non-hydrogen) atoms. The highest BCUT2D eigenvalue weighted by Crippen LogP contribution is 2.14. The molecule has 5 heteroatoms. The van der Waals surface area contributed by atoms with Gasteiger partial charge in [0.25, 0.3) is 5.91 Å². The second-order valence-corrected chi connectivity index (χ2v) is 5.11. The molecule has 0 aliphatic carbocycles. The molecule has 2 amide bonds. The van der Waals surface area contributed by atoms with Crippen LogP contribution >= 0.6 is 0 Å². The lowest BCUT2D eigenvalue weighted by Crippen LogP contribution is -2.50. The summed E-state index contributed by atoms with van der Waals surface area (Å²) >= 11 is 0. The molecule has 5 nitrogen and oxygen atoms in total. The van der Waals surface area contributed by atoms with Crippen molar-refractivity contribution in [3.05, 3.63) is 29.8 Å². The zero-order valence-electron chi connectivity index (χ0n) is 11.7. The standard InChI is InChI=1S/C14H20N2O3/c1-9(17)14(3,4)16-13(19)11-6-5-7-12(8-11)15-10(2)18/h5-9,17H,1-4H3,(H,15,18)(H,16,19). The van der Waals surface area contributed by atoms with Crippen LogP contribution in [0.3, 0.4) is 0 Å². The van der Waals surface area contributed by atoms with E-state index in [-0.39, 0.29) is 11.8 Å². The molecule has 104 valence electrons. The molecule has 1 aromatic rings. The van der Waals surface area contributed by atoms with Crippen LogP contribution in [0.1, 0.15) is 38.1 Å². The van der Waals surface area contributed by atoms with Crippen LogP contribution in [0.5, 0.6) is 0 Å². The van der Waals surface area contributed by atoms with Crippen LogP contribution in [0, 0.1) is 0 Å². The minimum Gasteiger partial charge on any atom is -0.391 e. The first-order chi connectivity index (χ1) is 8.72. The molecular weight excluding hydrogens is 244 g/mol. The molecule has 3 N–H and O–H groups in total. The van der Waals surface area contributed by atoms with Gasteiger partial charge in [0.15, 0.2) is 0 Å². The lowest BCUT2D eigenvalue weighted by molar-refractivity contribution is -0.114. The molecule has 1 aromatic carbocycles. The number of benzene rings is 1. The first-order valence-electron chi connectivity index (χ1n) is 6.10. The maximum absolute atomic E-state index is 12.1. The summed E-state index contributed by atoms with van der Waals surface area (Å²) < 4.78 is 0. The highest BCUT2D eigenvalue weighted by molar-refractivity contribution is 5.97. The van der Waals surface area contributed by atoms with Crippen molar-refractivity contribution in [2.75, 3.05) is 5.32 Å². The second kappa shape index (κ2) is 5.84. The van der Waals surface area contributed by atoms with E-state index in [0.29, 0.717) is 11.3 Å². The largest absolute Gasteiger partial charge is 0.391 e. The molecule has 0 heterocycles. The Morgan fingerprint density at radius 1 is 1.32 bits per heavy atom. The summed E-state index contributed by atoms with van der Waals surface area (Å²) in [6, 6.07) is 6.64. The second-order valence-electron chi connectivity index (χ2n) is 5.11. The van der Waals surface area contributed by atoms with Crippen LogP contribution in [0.2, 0.25) is 0 Å². The van der Waals surface area contributed by atoms with Crippen LogP contribution in [0.4, 0.5) is 5.69 Å². The predicted molar refractivity (Wildman–Crippen MR) is 74.0 cm³/mol. The predicted octanol–water partition coefficient (Wildman–Crippen LogP) is 1.53. The molecule has 0 aliphatic rings. The van der Waals surface area contributed by atoms with E-state index < -0.39 is 11.6 Å². The summed E-state index contributed by atoms with van der Waals surface area (Å²) in [6.07, 6.45) is -0.671. The van der Waals surface area contributed by atoms with Gasteiger partial charge < -0.3 is 15.7 Å². The van der Waals surface area contributed by atoms with Crippen molar-refractivity contribution in [2.24, 2.45) is 0 Å². The van der Waals surface area contributed by atoms with E-state index in [4.69, 9.17) is 0 Å². The molecular formula is C14H20N2O3. The van der Waals surface area contributed by atoms with Gasteiger partial charge in [-0.2, -0.15) is 0 Å². The maximum atomic E-state index is 12.1. The van der Waals surface area contributed by atoms with Crippen molar-refractivity contribution in [1.82, 2.24) is 5.32 Å². The summed E-state index contributed by atoms with van der Waals surface area (Å²) in [5.41, 5.74) is 0.274. The summed E-state index contributed by atoms with van der Waals surface area (Å²) in [7, 11) is 0. The molecule has 0 fully saturated rings. The lowest BCUT2D eigenvalue weighted by Gasteiger charge is -2.29. The zero-order chi connectivity index (χ0) is 14.6. The van der Waals surface area contributed by atoms with E-state index in [0.717, 1.165) is 0 Å². The fraction of sp³-hybridized carbons (Fsp3) is 0.429. The van der Waals surface area contributed by atoms with E-state index in [9.17, 15) is 14.7 Å². The van der Waals surface area contributed by atoms with Gasteiger partial charge in [-0.3, -0.25) is 9.59 Å². The van der Waals surface area contributed by atoms with E-state index >= 15 is 0 Å². The molecule has 1 rings (SSSR count). The topological polar surface area (TPSA) is 78.4 Å². The van der Waals surface area contributed by atoms with Crippen molar-refractivity contribution < 1.29 is 14.7 Å². The van der Waals surface area contributed by atoms with Gasteiger partial charge in [0.2, 0.25) is 5.91 Å². The lowest BCUT2D eigenvalue weighted by atomic mass is 9.98. The number of carbonyl (C=O) groups is 2. The van der Waals surface area contributed by atoms with E-state index in [2.05, 4.69) is 10.6 Å². The third-order valence-corrected chi connectivity index (χ3v) is 2.93. The number of nitrogens with one attached hydrogen (secondary N) is 2. The average molecular weight is 264 g/mol. The average Bonchev–Trinajstić information content (AvgIpc) is 2.27. The Bertz CT molecular complexity index is 481. The molecule has 0 aliphatic heterocycles. The van der Waals surface area contributed by atoms with Crippen LogP contribution < -0.4 is 10.6 Å². The number of aliphatic hydroxyl groups excluding tert-OH is 1. The van der Waals surface area contributed by atoms with Gasteiger partial charge in [-0.25, -0.2) is 0 Å². The number of anilines is 1. The fourth-order valence-electron chi connectivity index (χ4n) is 1.41. The Morgan fingerprint density at radius 3 is 2.47 bits per heavy atom. The van der Waals surface area contributed by atoms with Crippen molar-refractivity contribution in [1.29, 1.82) is 0 Å². The third-order valence-electron chi connectivity index (χ3n) is 2.93. The van der Waals surface area contributed by atoms with Crippen LogP contribution in [-0.2, 0) is 4.79 Å². The van der Waals surface area contributed by atoms with Crippen LogP contribution in [-0.4, -0.2) is 28.6 Å². The summed E-state index contributed by atoms with van der Waals surface area (Å²) in [6.45, 7) is 6.51. The smallest absolute Gasteiger partial charge is 0.251 e. The number of hydrogen-bond donors (Lipinski definition) is 3. The number of rotatable bonds is 4. The van der Waals surface area contributed by atoms with Crippen molar-refractivity contribution in [2.45, 2.75) is 39.3 Å². The van der Waals surface area contributed by atoms with Gasteiger partial charge >= 0.3 is 0 Å². The Labute approximate surface area is 113 Å². The summed E-state index contributed by atoms with van der Waals surface area (Å²) in [5.74, 6) is -0.486. The van der Waals surface area contributed by atoms with E-state index in [1.54, 1.807) is 45.0 Å². The minimum absolute atomic E-state index is 0.193. The monoisotopic (exact) mass is 264 g/mol. The summed E-state index contributed by atoms with van der Waals surface area (Å²) in [4.78, 5) is 23.0. The molecule has 0 saturated carbocycles. The molecule has 0 aromatic heterocycles. The fourth-order valence-corrected chi connectivity index (χ4v) is 1.41. The number of amides is 2. The molecule has 0 spiro atoms. The quantitative estimate of drug-likeness (QED) is 0.771. The third kappa shape index (κ3) is 4.37. The Balaban J connectivity index is 2.86. The zero-order valence-corrected chi connectivity index (χ0v) is 11.7. The molecule has 1 atom stereocenters. The van der Waals surface area contributed by atoms with Gasteiger partial charge in [-0.05, 0) is 39.0 Å². The molecule has 0 radical (unpaired) electrons. The number of aliphatic hydroxyl groups is 1. The highest BCUT2D eigenvalue weighted by atomic mass is 16.3. The van der Waals surface area contributed by atoms with Gasteiger partial charge in [-0.15, -0.1) is 0 Å². The van der Waals surface area contributed by atoms with E-state index in [1.165, 1.54) is 6.92 Å². The summed E-state index contributed by atoms with van der Waals surface area (Å²) in [5, 5.41) is 14.9. The maximum Gasteiger partial charge on any atom is 0.251 e. The SMILES string of the molecule is CC(=O)Nc1cccc(C(=O)NC(C)(C)C(C)O)c1. The Kier molecular flexibility index (Phi) is 4.67. The van der Waals surface area contributed by atoms with Crippen molar-refractivity contribution >= 4 is 17.5 Å². The van der Waals surface area contributed by atoms with Crippen molar-refractivity contribution in [3.8, 4) is 0 Å². The highest BCUT2D eigenvalue weighted by Gasteiger charge is 2.26. The number of hydrogen-bond acceptors (Lipinski definition) is 3. The minimum atomic E-state index is -0.721. The van der Waals surface area contributed by atoms with Crippen molar-refractivity contribution in [3.63, 3.8) is 0 Å². The normalized spacial score (nSPS) is 12.7. The van der Waals surface area contributed by atoms with Gasteiger partial charge in [-0.1, -0.05) is 6.07 Å². The first kappa shape index (κ1) is 15.2. The van der Waals surface area contributed by atoms with Crippen LogP contribution in [0.15, 0.2) is 24.3 Å². The molecule has 0 bridgehead atoms. The number of carbonyl (C=O) groups excluding carboxylic acids is 2. The van der Waals surface area contributed by atoms with Gasteiger partial charge in [0.05, 0.1) is 11.6 Å². The molecule has 0 saturated heterocycles. The van der Waals surface area contributed by atoms with Crippen LogP contribution in [0.25, 0.3) is 0 Å². The van der Waals surface area contributed by atoms with Gasteiger partial charge in [0, 0.05) is 18.2 Å². The Morgan fingerprint density at radius 2 is 1.95 bits per heavy atom. The first-order valence-corrected chi connectivity index (χ1v) is 6.10. The Hall–Kier alpha value is -1.88. The van der Waals surface area contributed by atoms with E-state index in [1.807, 2.05) is 0 Å².